The van der Waals surface area contributed by atoms with Gasteiger partial charge in [-0.1, -0.05) is 12.1 Å². The van der Waals surface area contributed by atoms with E-state index in [2.05, 4.69) is 4.98 Å². The minimum absolute atomic E-state index is 0.0151. The van der Waals surface area contributed by atoms with Gasteiger partial charge in [0, 0.05) is 5.56 Å². The molecule has 1 aromatic carbocycles. The van der Waals surface area contributed by atoms with Crippen molar-refractivity contribution in [2.45, 2.75) is 13.0 Å². The number of nitrogens with two attached hydrogens (primary N) is 1. The number of aromatic amines is 1. The minimum Gasteiger partial charge on any atom is -0.479 e. The van der Waals surface area contributed by atoms with E-state index in [9.17, 15) is 20.1 Å². The van der Waals surface area contributed by atoms with Crippen molar-refractivity contribution in [3.8, 4) is 29.0 Å². The third-order valence-electron chi connectivity index (χ3n) is 3.27. The number of aliphatic carboxylic acids is 1. The first kappa shape index (κ1) is 16.6. The van der Waals surface area contributed by atoms with Gasteiger partial charge in [-0.25, -0.2) is 4.79 Å². The quantitative estimate of drug-likeness (QED) is 0.764. The Morgan fingerprint density at radius 2 is 1.83 bits per heavy atom. The summed E-state index contributed by atoms with van der Waals surface area (Å²) in [6.07, 6.45) is -1.03. The van der Waals surface area contributed by atoms with Gasteiger partial charge in [0.1, 0.15) is 34.8 Å². The third-order valence-corrected chi connectivity index (χ3v) is 3.27. The molecule has 2 rings (SSSR count). The lowest BCUT2D eigenvalue weighted by molar-refractivity contribution is -0.144. The van der Waals surface area contributed by atoms with Crippen molar-refractivity contribution in [1.82, 2.24) is 4.98 Å². The Balaban J connectivity index is 2.54. The van der Waals surface area contributed by atoms with Crippen LogP contribution in [-0.4, -0.2) is 22.2 Å². The zero-order valence-corrected chi connectivity index (χ0v) is 12.5. The summed E-state index contributed by atoms with van der Waals surface area (Å²) in [5, 5.41) is 27.3. The van der Waals surface area contributed by atoms with E-state index in [-0.39, 0.29) is 22.5 Å². The van der Waals surface area contributed by atoms with Gasteiger partial charge in [0.2, 0.25) is 0 Å². The maximum atomic E-state index is 11.9. The predicted octanol–water partition coefficient (Wildman–Crippen LogP) is 1.22. The summed E-state index contributed by atoms with van der Waals surface area (Å²) in [5.41, 5.74) is 5.25. The highest BCUT2D eigenvalue weighted by Crippen LogP contribution is 2.29. The fourth-order valence-electron chi connectivity index (χ4n) is 2.09. The van der Waals surface area contributed by atoms with Crippen molar-refractivity contribution in [2.75, 3.05) is 5.73 Å². The van der Waals surface area contributed by atoms with Crippen LogP contribution in [0.3, 0.4) is 0 Å². The number of anilines is 1. The molecule has 0 bridgehead atoms. The van der Waals surface area contributed by atoms with Gasteiger partial charge >= 0.3 is 5.97 Å². The summed E-state index contributed by atoms with van der Waals surface area (Å²) < 4.78 is 5.21. The first-order valence-electron chi connectivity index (χ1n) is 6.74. The fourth-order valence-corrected chi connectivity index (χ4v) is 2.09. The lowest BCUT2D eigenvalue weighted by Gasteiger charge is -2.12. The van der Waals surface area contributed by atoms with E-state index in [0.29, 0.717) is 11.3 Å². The van der Waals surface area contributed by atoms with Crippen LogP contribution in [0.1, 0.15) is 18.1 Å². The molecule has 1 unspecified atom stereocenters. The van der Waals surface area contributed by atoms with Crippen LogP contribution in [-0.2, 0) is 4.79 Å². The molecular weight excluding hydrogens is 312 g/mol. The van der Waals surface area contributed by atoms with E-state index < -0.39 is 17.6 Å². The Labute approximate surface area is 136 Å². The number of pyridine rings is 1. The normalized spacial score (nSPS) is 11.1. The molecule has 0 amide bonds. The smallest absolute Gasteiger partial charge is 0.344 e. The molecule has 2 aromatic rings. The minimum atomic E-state index is -1.11. The van der Waals surface area contributed by atoms with Gasteiger partial charge in [-0.15, -0.1) is 0 Å². The van der Waals surface area contributed by atoms with Gasteiger partial charge in [-0.3, -0.25) is 4.79 Å². The molecule has 24 heavy (non-hydrogen) atoms. The molecule has 8 nitrogen and oxygen atoms in total. The Kier molecular flexibility index (Phi) is 4.52. The number of nitrogens with zero attached hydrogens (tertiary/aromatic N) is 2. The number of carboxylic acid groups (broad SMARTS) is 1. The second-order valence-corrected chi connectivity index (χ2v) is 4.84. The summed E-state index contributed by atoms with van der Waals surface area (Å²) in [7, 11) is 0. The lowest BCUT2D eigenvalue weighted by atomic mass is 9.96. The van der Waals surface area contributed by atoms with Crippen LogP contribution >= 0.6 is 0 Å². The summed E-state index contributed by atoms with van der Waals surface area (Å²) >= 11 is 0. The van der Waals surface area contributed by atoms with Gasteiger partial charge in [0.15, 0.2) is 6.10 Å². The fraction of sp³-hybridized carbons (Fsp3) is 0.125. The van der Waals surface area contributed by atoms with Crippen LogP contribution < -0.4 is 16.0 Å². The van der Waals surface area contributed by atoms with Crippen molar-refractivity contribution in [3.05, 3.63) is 45.7 Å². The number of nitrogen functional groups attached to an aromatic ring is 1. The van der Waals surface area contributed by atoms with Gasteiger partial charge in [0.05, 0.1) is 0 Å². The second kappa shape index (κ2) is 6.55. The molecule has 0 saturated carbocycles. The van der Waals surface area contributed by atoms with Crippen LogP contribution in [0.5, 0.6) is 5.75 Å². The molecule has 0 aliphatic carbocycles. The van der Waals surface area contributed by atoms with Crippen molar-refractivity contribution >= 4 is 11.8 Å². The van der Waals surface area contributed by atoms with Crippen molar-refractivity contribution < 1.29 is 14.6 Å². The number of carboxylic acids is 1. The van der Waals surface area contributed by atoms with E-state index in [4.69, 9.17) is 15.6 Å². The molecule has 0 aliphatic rings. The van der Waals surface area contributed by atoms with Crippen molar-refractivity contribution in [1.29, 1.82) is 10.5 Å². The Bertz CT molecular complexity index is 933. The van der Waals surface area contributed by atoms with E-state index >= 15 is 0 Å². The highest BCUT2D eigenvalue weighted by molar-refractivity contribution is 5.80. The number of carbonyl (C=O) groups is 1. The van der Waals surface area contributed by atoms with Gasteiger partial charge in [-0.2, -0.15) is 10.5 Å². The standard InChI is InChI=1S/C16H12N4O4/c1-8(16(22)23)24-10-4-2-9(3-5-10)13-11(6-17)14(19)20-15(21)12(13)7-18/h2-5,8H,1H3,(H,22,23)(H3,19,20,21). The van der Waals surface area contributed by atoms with Crippen molar-refractivity contribution in [2.24, 2.45) is 0 Å². The average Bonchev–Trinajstić information content (AvgIpc) is 2.55. The van der Waals surface area contributed by atoms with E-state index in [0.717, 1.165) is 0 Å². The monoisotopic (exact) mass is 324 g/mol. The number of aromatic nitrogens is 1. The number of ether oxygens (including phenoxy) is 1. The molecule has 8 heteroatoms. The molecular formula is C16H12N4O4. The SMILES string of the molecule is CC(Oc1ccc(-c2c(C#N)c(N)[nH]c(=O)c2C#N)cc1)C(=O)O. The summed E-state index contributed by atoms with van der Waals surface area (Å²) in [6, 6.07) is 9.63. The molecule has 1 atom stereocenters. The summed E-state index contributed by atoms with van der Waals surface area (Å²) in [5.74, 6) is -0.945. The average molecular weight is 324 g/mol. The molecule has 120 valence electrons. The number of H-pyrrole nitrogens is 1. The second-order valence-electron chi connectivity index (χ2n) is 4.84. The number of benzene rings is 1. The van der Waals surface area contributed by atoms with Crippen LogP contribution in [0, 0.1) is 22.7 Å². The van der Waals surface area contributed by atoms with Crippen LogP contribution in [0.4, 0.5) is 5.82 Å². The molecule has 0 fully saturated rings. The Morgan fingerprint density at radius 1 is 1.25 bits per heavy atom. The number of hydrogen-bond donors (Lipinski definition) is 3. The highest BCUT2D eigenvalue weighted by Gasteiger charge is 2.18. The molecule has 1 aromatic heterocycles. The van der Waals surface area contributed by atoms with Gasteiger partial charge < -0.3 is 20.6 Å². The van der Waals surface area contributed by atoms with Gasteiger partial charge in [0.25, 0.3) is 5.56 Å². The van der Waals surface area contributed by atoms with Gasteiger partial charge in [-0.05, 0) is 24.6 Å². The number of rotatable bonds is 4. The zero-order chi connectivity index (χ0) is 17.9. The van der Waals surface area contributed by atoms with Crippen LogP contribution in [0.15, 0.2) is 29.1 Å². The molecule has 0 radical (unpaired) electrons. The Hall–Kier alpha value is -3.78. The molecule has 0 saturated heterocycles. The first-order valence-corrected chi connectivity index (χ1v) is 6.74. The molecule has 1 heterocycles. The van der Waals surface area contributed by atoms with Crippen molar-refractivity contribution in [3.63, 3.8) is 0 Å². The maximum absolute atomic E-state index is 11.9. The predicted molar refractivity (Wildman–Crippen MR) is 84.1 cm³/mol. The van der Waals surface area contributed by atoms with Crippen LogP contribution in [0.2, 0.25) is 0 Å². The summed E-state index contributed by atoms with van der Waals surface area (Å²) in [6.45, 7) is 1.38. The lowest BCUT2D eigenvalue weighted by Crippen LogP contribution is -2.22. The first-order chi connectivity index (χ1) is 11.4. The summed E-state index contributed by atoms with van der Waals surface area (Å²) in [4.78, 5) is 24.9. The largest absolute Gasteiger partial charge is 0.479 e. The van der Waals surface area contributed by atoms with E-state index in [1.54, 1.807) is 6.07 Å². The topological polar surface area (TPSA) is 153 Å². The molecule has 0 aliphatic heterocycles. The van der Waals surface area contributed by atoms with E-state index in [1.165, 1.54) is 31.2 Å². The van der Waals surface area contributed by atoms with Crippen LogP contribution in [0.25, 0.3) is 11.1 Å². The van der Waals surface area contributed by atoms with E-state index in [1.807, 2.05) is 6.07 Å². The maximum Gasteiger partial charge on any atom is 0.344 e. The molecule has 0 spiro atoms. The molecule has 4 N–H and O–H groups in total. The number of nitriles is 2. The Morgan fingerprint density at radius 3 is 2.33 bits per heavy atom. The number of nitrogens with one attached hydrogen (secondary N) is 1. The third kappa shape index (κ3) is 3.03. The number of hydrogen-bond acceptors (Lipinski definition) is 6. The highest BCUT2D eigenvalue weighted by atomic mass is 16.5. The zero-order valence-electron chi connectivity index (χ0n) is 12.5.